The van der Waals surface area contributed by atoms with Crippen LogP contribution in [-0.4, -0.2) is 34.8 Å². The minimum absolute atomic E-state index is 0.00328. The Bertz CT molecular complexity index is 930. The molecule has 0 aliphatic carbocycles. The lowest BCUT2D eigenvalue weighted by Gasteiger charge is -2.14. The van der Waals surface area contributed by atoms with Gasteiger partial charge < -0.3 is 4.55 Å². The molecule has 2 heterocycles. The van der Waals surface area contributed by atoms with E-state index in [2.05, 4.69) is 40.3 Å². The van der Waals surface area contributed by atoms with Gasteiger partial charge in [0.15, 0.2) is 21.5 Å². The van der Waals surface area contributed by atoms with Crippen LogP contribution in [0.15, 0.2) is 34.7 Å². The minimum atomic E-state index is -3.15. The SMILES string of the molecule is CC(C)(C)c1cc2nc(-c3ccc(N=S(C)(=O)O)cc3)nn2[nH]1. The molecule has 1 atom stereocenters. The van der Waals surface area contributed by atoms with Crippen LogP contribution in [0.4, 0.5) is 5.69 Å². The number of nitrogens with zero attached hydrogens (tertiary/aromatic N) is 4. The third-order valence-corrected chi connectivity index (χ3v) is 3.89. The number of hydrogen-bond acceptors (Lipinski definition) is 4. The normalized spacial score (nSPS) is 14.8. The summed E-state index contributed by atoms with van der Waals surface area (Å²) < 4.78 is 25.9. The van der Waals surface area contributed by atoms with Crippen molar-refractivity contribution in [3.63, 3.8) is 0 Å². The molecule has 0 aliphatic rings. The van der Waals surface area contributed by atoms with Crippen LogP contribution in [0, 0.1) is 0 Å². The summed E-state index contributed by atoms with van der Waals surface area (Å²) in [7, 11) is -3.15. The standard InChI is InChI=1S/C15H19N5O2S/c1-15(2,3)12-9-13-16-14(18-20(13)17-12)10-5-7-11(8-6-10)19-23(4,21)22/h5-9,17H,1-4H3,(H,19,21,22). The van der Waals surface area contributed by atoms with E-state index in [1.165, 1.54) is 6.26 Å². The summed E-state index contributed by atoms with van der Waals surface area (Å²) in [4.78, 5) is 4.51. The zero-order valence-corrected chi connectivity index (χ0v) is 14.3. The van der Waals surface area contributed by atoms with E-state index >= 15 is 0 Å². The summed E-state index contributed by atoms with van der Waals surface area (Å²) in [6, 6.07) is 8.89. The fourth-order valence-electron chi connectivity index (χ4n) is 2.15. The van der Waals surface area contributed by atoms with Gasteiger partial charge in [0.25, 0.3) is 0 Å². The molecular formula is C15H19N5O2S. The van der Waals surface area contributed by atoms with E-state index in [1.807, 2.05) is 6.07 Å². The third-order valence-electron chi connectivity index (χ3n) is 3.34. The Morgan fingerprint density at radius 3 is 2.43 bits per heavy atom. The Labute approximate surface area is 134 Å². The summed E-state index contributed by atoms with van der Waals surface area (Å²) in [6.07, 6.45) is 1.17. The highest BCUT2D eigenvalue weighted by molar-refractivity contribution is 7.87. The maximum absolute atomic E-state index is 11.3. The Kier molecular flexibility index (Phi) is 3.53. The van der Waals surface area contributed by atoms with Crippen LogP contribution in [-0.2, 0) is 15.4 Å². The van der Waals surface area contributed by atoms with Crippen molar-refractivity contribution in [3.05, 3.63) is 36.0 Å². The van der Waals surface area contributed by atoms with E-state index in [0.29, 0.717) is 11.5 Å². The quantitative estimate of drug-likeness (QED) is 0.752. The first kappa shape index (κ1) is 15.7. The van der Waals surface area contributed by atoms with Crippen molar-refractivity contribution in [2.24, 2.45) is 4.36 Å². The number of aromatic nitrogens is 4. The van der Waals surface area contributed by atoms with Crippen molar-refractivity contribution >= 4 is 21.3 Å². The maximum Gasteiger partial charge on any atom is 0.183 e. The van der Waals surface area contributed by atoms with Gasteiger partial charge in [-0.1, -0.05) is 20.8 Å². The van der Waals surface area contributed by atoms with Crippen LogP contribution < -0.4 is 0 Å². The van der Waals surface area contributed by atoms with E-state index < -0.39 is 10.0 Å². The fourth-order valence-corrected chi connectivity index (χ4v) is 2.66. The van der Waals surface area contributed by atoms with Gasteiger partial charge in [-0.3, -0.25) is 5.10 Å². The van der Waals surface area contributed by atoms with Crippen LogP contribution in [0.25, 0.3) is 17.0 Å². The zero-order chi connectivity index (χ0) is 16.8. The molecule has 1 unspecified atom stereocenters. The van der Waals surface area contributed by atoms with Crippen LogP contribution in [0.3, 0.4) is 0 Å². The summed E-state index contributed by atoms with van der Waals surface area (Å²) >= 11 is 0. The lowest BCUT2D eigenvalue weighted by atomic mass is 9.93. The van der Waals surface area contributed by atoms with Gasteiger partial charge >= 0.3 is 0 Å². The van der Waals surface area contributed by atoms with Crippen molar-refractivity contribution < 1.29 is 8.76 Å². The molecule has 0 fully saturated rings. The molecule has 23 heavy (non-hydrogen) atoms. The molecule has 0 amide bonds. The van der Waals surface area contributed by atoms with Gasteiger partial charge in [0.2, 0.25) is 0 Å². The first-order chi connectivity index (χ1) is 10.6. The molecule has 1 aromatic carbocycles. The summed E-state index contributed by atoms with van der Waals surface area (Å²) in [5.41, 5.74) is 3.09. The third kappa shape index (κ3) is 3.43. The Morgan fingerprint density at radius 1 is 1.26 bits per heavy atom. The molecular weight excluding hydrogens is 314 g/mol. The molecule has 2 N–H and O–H groups in total. The summed E-state index contributed by atoms with van der Waals surface area (Å²) in [5, 5.41) is 7.66. The smallest absolute Gasteiger partial charge is 0.183 e. The van der Waals surface area contributed by atoms with E-state index in [0.717, 1.165) is 16.9 Å². The molecule has 3 rings (SSSR count). The Balaban J connectivity index is 1.94. The fraction of sp³-hybridized carbons (Fsp3) is 0.333. The zero-order valence-electron chi connectivity index (χ0n) is 13.4. The first-order valence-electron chi connectivity index (χ1n) is 7.13. The van der Waals surface area contributed by atoms with Crippen LogP contribution in [0.1, 0.15) is 26.5 Å². The highest BCUT2D eigenvalue weighted by Gasteiger charge is 2.18. The number of hydrogen-bond donors (Lipinski definition) is 2. The van der Waals surface area contributed by atoms with Crippen molar-refractivity contribution in [1.29, 1.82) is 0 Å². The number of H-pyrrole nitrogens is 1. The van der Waals surface area contributed by atoms with Crippen LogP contribution >= 0.6 is 0 Å². The van der Waals surface area contributed by atoms with Gasteiger partial charge in [0.1, 0.15) is 0 Å². The molecule has 122 valence electrons. The largest absolute Gasteiger partial charge is 0.300 e. The number of aromatic amines is 1. The van der Waals surface area contributed by atoms with Crippen molar-refractivity contribution in [1.82, 2.24) is 19.8 Å². The lowest BCUT2D eigenvalue weighted by molar-refractivity contribution is 0.557. The monoisotopic (exact) mass is 333 g/mol. The van der Waals surface area contributed by atoms with E-state index in [9.17, 15) is 8.76 Å². The van der Waals surface area contributed by atoms with E-state index in [1.54, 1.807) is 28.9 Å². The number of rotatable bonds is 2. The molecule has 0 spiro atoms. The summed E-state index contributed by atoms with van der Waals surface area (Å²) in [5.74, 6) is 0.587. The van der Waals surface area contributed by atoms with Crippen LogP contribution in [0.5, 0.6) is 0 Å². The average molecular weight is 333 g/mol. The van der Waals surface area contributed by atoms with E-state index in [4.69, 9.17) is 0 Å². The first-order valence-corrected chi connectivity index (χ1v) is 9.01. The van der Waals surface area contributed by atoms with Gasteiger partial charge in [-0.2, -0.15) is 8.99 Å². The van der Waals surface area contributed by atoms with Crippen molar-refractivity contribution in [2.45, 2.75) is 26.2 Å². The van der Waals surface area contributed by atoms with Gasteiger partial charge in [-0.15, -0.1) is 5.10 Å². The predicted octanol–water partition coefficient (Wildman–Crippen LogP) is 3.22. The van der Waals surface area contributed by atoms with Gasteiger partial charge in [-0.25, -0.2) is 9.19 Å². The number of fused-ring (bicyclic) bond motifs is 1. The Hall–Kier alpha value is -2.19. The molecule has 7 nitrogen and oxygen atoms in total. The van der Waals surface area contributed by atoms with Crippen LogP contribution in [0.2, 0.25) is 0 Å². The van der Waals surface area contributed by atoms with Gasteiger partial charge in [0, 0.05) is 29.0 Å². The highest BCUT2D eigenvalue weighted by Crippen LogP contribution is 2.24. The second-order valence-corrected chi connectivity index (χ2v) is 8.23. The molecule has 0 aliphatic heterocycles. The lowest BCUT2D eigenvalue weighted by Crippen LogP contribution is -2.12. The average Bonchev–Trinajstić information content (AvgIpc) is 2.95. The molecule has 8 heteroatoms. The predicted molar refractivity (Wildman–Crippen MR) is 90.3 cm³/mol. The van der Waals surface area contributed by atoms with Crippen molar-refractivity contribution in [3.8, 4) is 11.4 Å². The number of benzene rings is 1. The molecule has 0 radical (unpaired) electrons. The topological polar surface area (TPSA) is 95.6 Å². The highest BCUT2D eigenvalue weighted by atomic mass is 32.2. The minimum Gasteiger partial charge on any atom is -0.300 e. The van der Waals surface area contributed by atoms with E-state index in [-0.39, 0.29) is 5.41 Å². The molecule has 0 saturated heterocycles. The molecule has 2 aromatic heterocycles. The second kappa shape index (κ2) is 5.17. The Morgan fingerprint density at radius 2 is 1.91 bits per heavy atom. The molecule has 0 saturated carbocycles. The second-order valence-electron chi connectivity index (χ2n) is 6.53. The molecule has 0 bridgehead atoms. The summed E-state index contributed by atoms with van der Waals surface area (Å²) in [6.45, 7) is 6.36. The van der Waals surface area contributed by atoms with Gasteiger partial charge in [0.05, 0.1) is 5.69 Å². The molecule has 3 aromatic rings. The van der Waals surface area contributed by atoms with Crippen molar-refractivity contribution in [2.75, 3.05) is 6.26 Å². The maximum atomic E-state index is 11.3. The van der Waals surface area contributed by atoms with Gasteiger partial charge in [-0.05, 0) is 24.3 Å². The number of nitrogens with one attached hydrogen (secondary N) is 1.